The zero-order valence-corrected chi connectivity index (χ0v) is 16.0. The summed E-state index contributed by atoms with van der Waals surface area (Å²) in [6.07, 6.45) is 3.06. The van der Waals surface area contributed by atoms with E-state index in [0.717, 1.165) is 47.4 Å². The molecule has 0 amide bonds. The van der Waals surface area contributed by atoms with Gasteiger partial charge in [-0.25, -0.2) is 0 Å². The van der Waals surface area contributed by atoms with E-state index in [1.54, 1.807) is 0 Å². The van der Waals surface area contributed by atoms with Gasteiger partial charge in [0.15, 0.2) is 17.8 Å². The first-order chi connectivity index (χ1) is 12.3. The van der Waals surface area contributed by atoms with Crippen LogP contribution >= 0.6 is 15.9 Å². The quantitative estimate of drug-likeness (QED) is 0.622. The third-order valence-electron chi connectivity index (χ3n) is 3.92. The zero-order valence-electron chi connectivity index (χ0n) is 14.4. The summed E-state index contributed by atoms with van der Waals surface area (Å²) in [5, 5.41) is 0. The van der Waals surface area contributed by atoms with Gasteiger partial charge in [0.05, 0.1) is 17.7 Å². The lowest BCUT2D eigenvalue weighted by atomic mass is 10.2. The summed E-state index contributed by atoms with van der Waals surface area (Å²) in [6.45, 7) is 3.76. The molecule has 1 aliphatic heterocycles. The topological polar surface area (TPSA) is 36.9 Å². The van der Waals surface area contributed by atoms with Crippen molar-refractivity contribution in [1.82, 2.24) is 0 Å². The molecular formula is C20H23BrO4. The van der Waals surface area contributed by atoms with Gasteiger partial charge >= 0.3 is 0 Å². The van der Waals surface area contributed by atoms with Crippen molar-refractivity contribution in [2.45, 2.75) is 39.1 Å². The Kier molecular flexibility index (Phi) is 6.59. The summed E-state index contributed by atoms with van der Waals surface area (Å²) in [6, 6.07) is 13.7. The SMILES string of the molecule is CCOc1cccc(Br)c1OCc1cccc(OC2CCCCO2)c1. The molecule has 5 heteroatoms. The van der Waals surface area contributed by atoms with Gasteiger partial charge in [-0.2, -0.15) is 0 Å². The molecule has 4 nitrogen and oxygen atoms in total. The monoisotopic (exact) mass is 406 g/mol. The third-order valence-corrected chi connectivity index (χ3v) is 4.54. The highest BCUT2D eigenvalue weighted by atomic mass is 79.9. The van der Waals surface area contributed by atoms with Crippen LogP contribution in [0.3, 0.4) is 0 Å². The average Bonchev–Trinajstić information content (AvgIpc) is 2.63. The van der Waals surface area contributed by atoms with Crippen LogP contribution in [0.1, 0.15) is 31.7 Å². The second-order valence-corrected chi connectivity index (χ2v) is 6.70. The minimum atomic E-state index is -0.141. The zero-order chi connectivity index (χ0) is 17.5. The number of para-hydroxylation sites is 1. The first kappa shape index (κ1) is 18.1. The van der Waals surface area contributed by atoms with Gasteiger partial charge in [-0.3, -0.25) is 0 Å². The lowest BCUT2D eigenvalue weighted by Gasteiger charge is -2.23. The van der Waals surface area contributed by atoms with Crippen LogP contribution in [-0.4, -0.2) is 19.5 Å². The van der Waals surface area contributed by atoms with E-state index in [2.05, 4.69) is 15.9 Å². The standard InChI is InChI=1S/C20H23BrO4/c1-2-22-18-10-6-9-17(21)20(18)24-14-15-7-5-8-16(13-15)25-19-11-3-4-12-23-19/h5-10,13,19H,2-4,11-12,14H2,1H3. The molecule has 1 heterocycles. The van der Waals surface area contributed by atoms with Crippen LogP contribution in [0.2, 0.25) is 0 Å². The van der Waals surface area contributed by atoms with Crippen molar-refractivity contribution >= 4 is 15.9 Å². The molecule has 0 saturated carbocycles. The number of benzene rings is 2. The van der Waals surface area contributed by atoms with Gasteiger partial charge in [-0.05, 0) is 65.5 Å². The Bertz CT molecular complexity index is 683. The molecule has 2 aromatic rings. The number of halogens is 1. The Balaban J connectivity index is 1.64. The number of hydrogen-bond donors (Lipinski definition) is 0. The van der Waals surface area contributed by atoms with Crippen LogP contribution < -0.4 is 14.2 Å². The summed E-state index contributed by atoms with van der Waals surface area (Å²) < 4.78 is 24.1. The highest BCUT2D eigenvalue weighted by Gasteiger charge is 2.15. The van der Waals surface area contributed by atoms with Crippen LogP contribution in [0.4, 0.5) is 0 Å². The van der Waals surface area contributed by atoms with Gasteiger partial charge in [0.2, 0.25) is 0 Å². The van der Waals surface area contributed by atoms with Gasteiger partial charge in [-0.15, -0.1) is 0 Å². The van der Waals surface area contributed by atoms with Crippen molar-refractivity contribution in [1.29, 1.82) is 0 Å². The lowest BCUT2D eigenvalue weighted by Crippen LogP contribution is -2.25. The van der Waals surface area contributed by atoms with E-state index in [4.69, 9.17) is 18.9 Å². The molecule has 0 bridgehead atoms. The summed E-state index contributed by atoms with van der Waals surface area (Å²) in [5.74, 6) is 2.26. The highest BCUT2D eigenvalue weighted by molar-refractivity contribution is 9.10. The van der Waals surface area contributed by atoms with Crippen LogP contribution in [0, 0.1) is 0 Å². The molecule has 134 valence electrons. The molecule has 1 unspecified atom stereocenters. The van der Waals surface area contributed by atoms with Crippen LogP contribution in [-0.2, 0) is 11.3 Å². The first-order valence-electron chi connectivity index (χ1n) is 8.67. The van der Waals surface area contributed by atoms with Gasteiger partial charge in [0.25, 0.3) is 0 Å². The maximum absolute atomic E-state index is 5.99. The third kappa shape index (κ3) is 5.13. The first-order valence-corrected chi connectivity index (χ1v) is 9.47. The average molecular weight is 407 g/mol. The Morgan fingerprint density at radius 2 is 2.00 bits per heavy atom. The Morgan fingerprint density at radius 1 is 1.12 bits per heavy atom. The molecule has 0 spiro atoms. The summed E-state index contributed by atoms with van der Waals surface area (Å²) in [4.78, 5) is 0. The van der Waals surface area contributed by atoms with Crippen LogP contribution in [0.25, 0.3) is 0 Å². The normalized spacial score (nSPS) is 17.1. The number of rotatable bonds is 7. The van der Waals surface area contributed by atoms with Crippen molar-refractivity contribution in [3.05, 3.63) is 52.5 Å². The summed E-state index contributed by atoms with van der Waals surface area (Å²) in [7, 11) is 0. The Hall–Kier alpha value is -1.72. The molecule has 3 rings (SSSR count). The van der Waals surface area contributed by atoms with Crippen molar-refractivity contribution in [3.8, 4) is 17.2 Å². The summed E-state index contributed by atoms with van der Waals surface area (Å²) in [5.41, 5.74) is 1.03. The fourth-order valence-corrected chi connectivity index (χ4v) is 3.18. The molecule has 1 atom stereocenters. The van der Waals surface area contributed by atoms with Crippen molar-refractivity contribution in [2.75, 3.05) is 13.2 Å². The van der Waals surface area contributed by atoms with Gasteiger partial charge in [0, 0.05) is 6.42 Å². The minimum Gasteiger partial charge on any atom is -0.490 e. The summed E-state index contributed by atoms with van der Waals surface area (Å²) >= 11 is 3.52. The number of hydrogen-bond acceptors (Lipinski definition) is 4. The molecule has 1 aliphatic rings. The van der Waals surface area contributed by atoms with Crippen LogP contribution in [0.5, 0.6) is 17.2 Å². The molecule has 0 aromatic heterocycles. The van der Waals surface area contributed by atoms with Gasteiger partial charge in [-0.1, -0.05) is 18.2 Å². The Labute approximate surface area is 157 Å². The molecule has 2 aromatic carbocycles. The van der Waals surface area contributed by atoms with E-state index in [-0.39, 0.29) is 6.29 Å². The van der Waals surface area contributed by atoms with E-state index < -0.39 is 0 Å². The van der Waals surface area contributed by atoms with Crippen molar-refractivity contribution < 1.29 is 18.9 Å². The van der Waals surface area contributed by atoms with Crippen molar-refractivity contribution in [2.24, 2.45) is 0 Å². The Morgan fingerprint density at radius 3 is 2.80 bits per heavy atom. The van der Waals surface area contributed by atoms with E-state index in [1.165, 1.54) is 0 Å². The molecule has 25 heavy (non-hydrogen) atoms. The smallest absolute Gasteiger partial charge is 0.199 e. The second kappa shape index (κ2) is 9.11. The predicted molar refractivity (Wildman–Crippen MR) is 100 cm³/mol. The van der Waals surface area contributed by atoms with E-state index >= 15 is 0 Å². The van der Waals surface area contributed by atoms with Gasteiger partial charge < -0.3 is 18.9 Å². The largest absolute Gasteiger partial charge is 0.490 e. The predicted octanol–water partition coefficient (Wildman–Crippen LogP) is 5.33. The van der Waals surface area contributed by atoms with E-state index in [1.807, 2.05) is 49.4 Å². The maximum Gasteiger partial charge on any atom is 0.199 e. The van der Waals surface area contributed by atoms with E-state index in [0.29, 0.717) is 19.0 Å². The molecule has 0 aliphatic carbocycles. The van der Waals surface area contributed by atoms with Crippen molar-refractivity contribution in [3.63, 3.8) is 0 Å². The lowest BCUT2D eigenvalue weighted by molar-refractivity contribution is -0.105. The fraction of sp³-hybridized carbons (Fsp3) is 0.400. The molecule has 0 radical (unpaired) electrons. The molecule has 1 fully saturated rings. The second-order valence-electron chi connectivity index (χ2n) is 5.85. The number of ether oxygens (including phenoxy) is 4. The van der Waals surface area contributed by atoms with E-state index in [9.17, 15) is 0 Å². The molecular weight excluding hydrogens is 384 g/mol. The van der Waals surface area contributed by atoms with Gasteiger partial charge in [0.1, 0.15) is 12.4 Å². The minimum absolute atomic E-state index is 0.141. The molecule has 0 N–H and O–H groups in total. The van der Waals surface area contributed by atoms with Crippen LogP contribution in [0.15, 0.2) is 46.9 Å². The molecule has 1 saturated heterocycles. The highest BCUT2D eigenvalue weighted by Crippen LogP contribution is 2.35. The maximum atomic E-state index is 5.99. The fourth-order valence-electron chi connectivity index (χ4n) is 2.72.